The number of thioether (sulfide) groups is 1. The van der Waals surface area contributed by atoms with Crippen LogP contribution in [-0.4, -0.2) is 20.7 Å². The maximum absolute atomic E-state index is 13.3. The molecule has 1 heterocycles. The van der Waals surface area contributed by atoms with E-state index in [9.17, 15) is 9.18 Å². The van der Waals surface area contributed by atoms with Crippen molar-refractivity contribution in [1.29, 1.82) is 0 Å². The van der Waals surface area contributed by atoms with Crippen molar-refractivity contribution in [2.24, 2.45) is 0 Å². The van der Waals surface area contributed by atoms with Crippen molar-refractivity contribution in [3.05, 3.63) is 107 Å². The number of halogens is 1. The highest BCUT2D eigenvalue weighted by Gasteiger charge is 2.21. The molecule has 4 rings (SSSR count). The zero-order valence-corrected chi connectivity index (χ0v) is 23.1. The summed E-state index contributed by atoms with van der Waals surface area (Å²) < 4.78 is 15.3. The van der Waals surface area contributed by atoms with Crippen LogP contribution < -0.4 is 5.32 Å². The van der Waals surface area contributed by atoms with E-state index >= 15 is 0 Å². The molecule has 0 fully saturated rings. The lowest BCUT2D eigenvalue weighted by molar-refractivity contribution is 0.0938. The van der Waals surface area contributed by atoms with E-state index in [4.69, 9.17) is 0 Å². The van der Waals surface area contributed by atoms with Gasteiger partial charge < -0.3 is 5.32 Å². The molecule has 1 atom stereocenters. The molecule has 1 unspecified atom stereocenters. The summed E-state index contributed by atoms with van der Waals surface area (Å²) in [5, 5.41) is 12.7. The SMILES string of the molecule is CCCCCCc1ccc(C(=O)NC(C)c2nnc(SCc3ccc(F)cc3)n2-c2ccc(C)cc2)cc1. The molecule has 0 saturated carbocycles. The van der Waals surface area contributed by atoms with Crippen LogP contribution in [0, 0.1) is 12.7 Å². The van der Waals surface area contributed by atoms with E-state index in [2.05, 4.69) is 22.4 Å². The maximum atomic E-state index is 13.3. The first-order valence-corrected chi connectivity index (χ1v) is 14.2. The Labute approximate surface area is 228 Å². The molecule has 0 aliphatic heterocycles. The lowest BCUT2D eigenvalue weighted by atomic mass is 10.0. The van der Waals surface area contributed by atoms with Crippen LogP contribution >= 0.6 is 11.8 Å². The molecule has 1 N–H and O–H groups in total. The Balaban J connectivity index is 1.49. The first kappa shape index (κ1) is 27.6. The Kier molecular flexibility index (Phi) is 9.71. The Morgan fingerprint density at radius 3 is 2.29 bits per heavy atom. The van der Waals surface area contributed by atoms with Gasteiger partial charge in [0.05, 0.1) is 6.04 Å². The van der Waals surface area contributed by atoms with E-state index in [-0.39, 0.29) is 17.8 Å². The van der Waals surface area contributed by atoms with E-state index in [0.29, 0.717) is 22.3 Å². The zero-order chi connectivity index (χ0) is 26.9. The summed E-state index contributed by atoms with van der Waals surface area (Å²) in [5.74, 6) is 0.871. The summed E-state index contributed by atoms with van der Waals surface area (Å²) in [7, 11) is 0. The number of rotatable bonds is 12. The third-order valence-corrected chi connectivity index (χ3v) is 7.50. The molecule has 0 saturated heterocycles. The molecule has 7 heteroatoms. The number of carbonyl (C=O) groups is 1. The van der Waals surface area contributed by atoms with Gasteiger partial charge in [0.2, 0.25) is 0 Å². The average Bonchev–Trinajstić information content (AvgIpc) is 3.36. The molecule has 0 aliphatic rings. The molecule has 1 amide bonds. The van der Waals surface area contributed by atoms with Crippen molar-refractivity contribution in [1.82, 2.24) is 20.1 Å². The maximum Gasteiger partial charge on any atom is 0.251 e. The Hall–Kier alpha value is -3.45. The standard InChI is InChI=1S/C31H35FN4OS/c1-4-5-6-7-8-24-11-15-26(16-12-24)30(37)33-23(3)29-34-35-31(36(29)28-19-9-22(2)10-20-28)38-21-25-13-17-27(32)18-14-25/h9-20,23H,4-8,21H2,1-3H3,(H,33,37). The summed E-state index contributed by atoms with van der Waals surface area (Å²) in [5.41, 5.74) is 4.95. The lowest BCUT2D eigenvalue weighted by Gasteiger charge is -2.17. The molecule has 4 aromatic rings. The van der Waals surface area contributed by atoms with Gasteiger partial charge in [-0.15, -0.1) is 10.2 Å². The fourth-order valence-electron chi connectivity index (χ4n) is 4.24. The van der Waals surface area contributed by atoms with Crippen molar-refractivity contribution < 1.29 is 9.18 Å². The summed E-state index contributed by atoms with van der Waals surface area (Å²) in [4.78, 5) is 13.1. The highest BCUT2D eigenvalue weighted by atomic mass is 32.2. The first-order valence-electron chi connectivity index (χ1n) is 13.2. The van der Waals surface area contributed by atoms with Crippen LogP contribution in [0.2, 0.25) is 0 Å². The van der Waals surface area contributed by atoms with Crippen molar-refractivity contribution in [2.75, 3.05) is 0 Å². The van der Waals surface area contributed by atoms with E-state index in [1.807, 2.05) is 66.9 Å². The minimum Gasteiger partial charge on any atom is -0.342 e. The fraction of sp³-hybridized carbons (Fsp3) is 0.323. The summed E-state index contributed by atoms with van der Waals surface area (Å²) in [6.07, 6.45) is 5.94. The quantitative estimate of drug-likeness (QED) is 0.151. The Morgan fingerprint density at radius 1 is 0.921 bits per heavy atom. The fourth-order valence-corrected chi connectivity index (χ4v) is 5.16. The van der Waals surface area contributed by atoms with Gasteiger partial charge in [-0.1, -0.05) is 79.9 Å². The van der Waals surface area contributed by atoms with Crippen molar-refractivity contribution in [3.8, 4) is 5.69 Å². The molecule has 1 aromatic heterocycles. The van der Waals surface area contributed by atoms with Crippen molar-refractivity contribution in [3.63, 3.8) is 0 Å². The van der Waals surface area contributed by atoms with Gasteiger partial charge in [-0.3, -0.25) is 9.36 Å². The molecule has 38 heavy (non-hydrogen) atoms. The number of carbonyl (C=O) groups excluding carboxylic acids is 1. The van der Waals surface area contributed by atoms with Gasteiger partial charge in [-0.2, -0.15) is 0 Å². The monoisotopic (exact) mass is 530 g/mol. The number of nitrogens with one attached hydrogen (secondary N) is 1. The van der Waals surface area contributed by atoms with Crippen LogP contribution in [0.5, 0.6) is 0 Å². The summed E-state index contributed by atoms with van der Waals surface area (Å²) >= 11 is 1.52. The zero-order valence-electron chi connectivity index (χ0n) is 22.3. The van der Waals surface area contributed by atoms with Crippen molar-refractivity contribution >= 4 is 17.7 Å². The van der Waals surface area contributed by atoms with Crippen LogP contribution in [-0.2, 0) is 12.2 Å². The largest absolute Gasteiger partial charge is 0.342 e. The van der Waals surface area contributed by atoms with Gasteiger partial charge in [0.15, 0.2) is 11.0 Å². The van der Waals surface area contributed by atoms with Crippen LogP contribution in [0.25, 0.3) is 5.69 Å². The number of hydrogen-bond donors (Lipinski definition) is 1. The smallest absolute Gasteiger partial charge is 0.251 e. The molecular formula is C31H35FN4OS. The topological polar surface area (TPSA) is 59.8 Å². The number of nitrogens with zero attached hydrogens (tertiary/aromatic N) is 3. The molecule has 5 nitrogen and oxygen atoms in total. The molecular weight excluding hydrogens is 495 g/mol. The van der Waals surface area contributed by atoms with Gasteiger partial charge in [-0.05, 0) is 74.2 Å². The second-order valence-electron chi connectivity index (χ2n) is 9.63. The molecule has 0 bridgehead atoms. The minimum atomic E-state index is -0.370. The Bertz CT molecular complexity index is 1320. The molecule has 0 aliphatic carbocycles. The molecule has 0 spiro atoms. The number of aromatic nitrogens is 3. The van der Waals surface area contributed by atoms with E-state index < -0.39 is 0 Å². The van der Waals surface area contributed by atoms with Gasteiger partial charge in [0.1, 0.15) is 5.82 Å². The molecule has 0 radical (unpaired) electrons. The number of hydrogen-bond acceptors (Lipinski definition) is 4. The molecule has 3 aromatic carbocycles. The number of aryl methyl sites for hydroxylation is 2. The van der Waals surface area contributed by atoms with Crippen LogP contribution in [0.1, 0.15) is 78.4 Å². The van der Waals surface area contributed by atoms with E-state index in [1.54, 1.807) is 12.1 Å². The van der Waals surface area contributed by atoms with Gasteiger partial charge in [0.25, 0.3) is 5.91 Å². The third-order valence-electron chi connectivity index (χ3n) is 6.50. The minimum absolute atomic E-state index is 0.144. The highest BCUT2D eigenvalue weighted by Crippen LogP contribution is 2.28. The lowest BCUT2D eigenvalue weighted by Crippen LogP contribution is -2.28. The van der Waals surface area contributed by atoms with Crippen molar-refractivity contribution in [2.45, 2.75) is 69.8 Å². The molecule has 198 valence electrons. The number of benzene rings is 3. The van der Waals surface area contributed by atoms with Crippen LogP contribution in [0.4, 0.5) is 4.39 Å². The third kappa shape index (κ3) is 7.32. The second kappa shape index (κ2) is 13.4. The van der Waals surface area contributed by atoms with Crippen LogP contribution in [0.3, 0.4) is 0 Å². The van der Waals surface area contributed by atoms with Crippen LogP contribution in [0.15, 0.2) is 78.0 Å². The van der Waals surface area contributed by atoms with E-state index in [1.165, 1.54) is 55.1 Å². The summed E-state index contributed by atoms with van der Waals surface area (Å²) in [6.45, 7) is 6.18. The first-order chi connectivity index (χ1) is 18.4. The highest BCUT2D eigenvalue weighted by molar-refractivity contribution is 7.98. The predicted octanol–water partition coefficient (Wildman–Crippen LogP) is 7.62. The number of amides is 1. The van der Waals surface area contributed by atoms with Gasteiger partial charge in [0, 0.05) is 17.0 Å². The van der Waals surface area contributed by atoms with Gasteiger partial charge >= 0.3 is 0 Å². The van der Waals surface area contributed by atoms with E-state index in [0.717, 1.165) is 23.2 Å². The normalized spacial score (nSPS) is 11.9. The Morgan fingerprint density at radius 2 is 1.61 bits per heavy atom. The summed E-state index contributed by atoms with van der Waals surface area (Å²) in [6, 6.07) is 22.1. The predicted molar refractivity (Wildman–Crippen MR) is 152 cm³/mol. The average molecular weight is 531 g/mol. The number of unbranched alkanes of at least 4 members (excludes halogenated alkanes) is 3. The second-order valence-corrected chi connectivity index (χ2v) is 10.6. The van der Waals surface area contributed by atoms with Gasteiger partial charge in [-0.25, -0.2) is 4.39 Å².